The van der Waals surface area contributed by atoms with Crippen molar-refractivity contribution in [1.29, 1.82) is 0 Å². The van der Waals surface area contributed by atoms with Crippen LogP contribution in [0.15, 0.2) is 72.8 Å². The van der Waals surface area contributed by atoms with E-state index in [0.717, 1.165) is 12.1 Å². The molecule has 0 bridgehead atoms. The predicted octanol–water partition coefficient (Wildman–Crippen LogP) is 5.25. The van der Waals surface area contributed by atoms with Crippen molar-refractivity contribution in [1.82, 2.24) is 0 Å². The molecule has 1 aliphatic heterocycles. The first-order valence-corrected chi connectivity index (χ1v) is 8.61. The van der Waals surface area contributed by atoms with Crippen LogP contribution in [0.2, 0.25) is 0 Å². The van der Waals surface area contributed by atoms with Gasteiger partial charge >= 0.3 is 0 Å². The molecule has 2 heteroatoms. The maximum Gasteiger partial charge on any atom is 0.0554 e. The Morgan fingerprint density at radius 3 is 2.79 bits per heavy atom. The minimum Gasteiger partial charge on any atom is -0.399 e. The number of rotatable bonds is 1. The second kappa shape index (κ2) is 5.13. The maximum absolute atomic E-state index is 6.03. The van der Waals surface area contributed by atoms with Gasteiger partial charge in [-0.3, -0.25) is 0 Å². The van der Waals surface area contributed by atoms with E-state index in [0.29, 0.717) is 17.9 Å². The van der Waals surface area contributed by atoms with Gasteiger partial charge in [0.1, 0.15) is 0 Å². The number of hydrogen-bond acceptors (Lipinski definition) is 2. The monoisotopic (exact) mass is 312 g/mol. The predicted molar refractivity (Wildman–Crippen MR) is 101 cm³/mol. The highest BCUT2D eigenvalue weighted by Gasteiger charge is 2.38. The lowest BCUT2D eigenvalue weighted by atomic mass is 9.75. The molecule has 3 N–H and O–H groups in total. The highest BCUT2D eigenvalue weighted by atomic mass is 15.0. The van der Waals surface area contributed by atoms with Gasteiger partial charge in [0.25, 0.3) is 0 Å². The van der Waals surface area contributed by atoms with Crippen LogP contribution in [0.25, 0.3) is 10.8 Å². The van der Waals surface area contributed by atoms with Gasteiger partial charge in [-0.1, -0.05) is 54.6 Å². The minimum atomic E-state index is 0.308. The summed E-state index contributed by atoms with van der Waals surface area (Å²) in [6, 6.07) is 21.8. The standard InChI is InChI=1S/C22H20N2/c23-16-7-3-6-15(13-16)22-19-10-4-9-18(19)21-17-8-2-1-5-14(17)11-12-20(21)24-22/h1-9,11-13,18-19,22,24H,10,23H2. The third kappa shape index (κ3) is 1.96. The number of benzene rings is 3. The Balaban J connectivity index is 1.69. The first-order chi connectivity index (χ1) is 11.8. The maximum atomic E-state index is 6.03. The van der Waals surface area contributed by atoms with Crippen molar-refractivity contribution in [3.63, 3.8) is 0 Å². The minimum absolute atomic E-state index is 0.308. The SMILES string of the molecule is Nc1cccc(C2Nc3ccc4ccccc4c3C3C=CCC32)c1. The van der Waals surface area contributed by atoms with Crippen LogP contribution >= 0.6 is 0 Å². The van der Waals surface area contributed by atoms with E-state index in [1.54, 1.807) is 0 Å². The fourth-order valence-corrected chi connectivity index (χ4v) is 4.46. The summed E-state index contributed by atoms with van der Waals surface area (Å²) < 4.78 is 0. The van der Waals surface area contributed by atoms with Crippen molar-refractivity contribution in [2.45, 2.75) is 18.4 Å². The first-order valence-electron chi connectivity index (χ1n) is 8.61. The lowest BCUT2D eigenvalue weighted by Crippen LogP contribution is -2.29. The number of hydrogen-bond donors (Lipinski definition) is 2. The van der Waals surface area contributed by atoms with Crippen molar-refractivity contribution in [2.24, 2.45) is 5.92 Å². The Kier molecular flexibility index (Phi) is 2.93. The summed E-state index contributed by atoms with van der Waals surface area (Å²) in [5.41, 5.74) is 10.9. The average Bonchev–Trinajstić information content (AvgIpc) is 3.10. The molecule has 3 aromatic carbocycles. The van der Waals surface area contributed by atoms with Crippen molar-refractivity contribution in [3.05, 3.63) is 83.9 Å². The zero-order chi connectivity index (χ0) is 16.1. The Hall–Kier alpha value is -2.74. The Morgan fingerprint density at radius 1 is 0.958 bits per heavy atom. The van der Waals surface area contributed by atoms with Gasteiger partial charge in [-0.2, -0.15) is 0 Å². The summed E-state index contributed by atoms with van der Waals surface area (Å²) in [5, 5.41) is 6.50. The number of nitrogens with one attached hydrogen (secondary N) is 1. The van der Waals surface area contributed by atoms with Crippen LogP contribution in [0, 0.1) is 5.92 Å². The van der Waals surface area contributed by atoms with Crippen LogP contribution in [-0.2, 0) is 0 Å². The van der Waals surface area contributed by atoms with Crippen molar-refractivity contribution >= 4 is 22.1 Å². The Morgan fingerprint density at radius 2 is 1.88 bits per heavy atom. The molecule has 0 radical (unpaired) electrons. The third-order valence-corrected chi connectivity index (χ3v) is 5.53. The number of nitrogen functional groups attached to an aromatic ring is 1. The molecule has 118 valence electrons. The van der Waals surface area contributed by atoms with Gasteiger partial charge < -0.3 is 11.1 Å². The average molecular weight is 312 g/mol. The van der Waals surface area contributed by atoms with Gasteiger partial charge in [-0.25, -0.2) is 0 Å². The molecule has 0 spiro atoms. The highest BCUT2D eigenvalue weighted by Crippen LogP contribution is 2.51. The lowest BCUT2D eigenvalue weighted by Gasteiger charge is -2.38. The van der Waals surface area contributed by atoms with E-state index < -0.39 is 0 Å². The Labute approximate surface area is 142 Å². The molecule has 2 nitrogen and oxygen atoms in total. The van der Waals surface area contributed by atoms with E-state index in [1.807, 2.05) is 6.07 Å². The van der Waals surface area contributed by atoms with Gasteiger partial charge in [0, 0.05) is 17.3 Å². The fraction of sp³-hybridized carbons (Fsp3) is 0.182. The fourth-order valence-electron chi connectivity index (χ4n) is 4.46. The topological polar surface area (TPSA) is 38.0 Å². The third-order valence-electron chi connectivity index (χ3n) is 5.53. The first kappa shape index (κ1) is 13.7. The van der Waals surface area contributed by atoms with E-state index in [4.69, 9.17) is 5.73 Å². The van der Waals surface area contributed by atoms with E-state index in [-0.39, 0.29) is 0 Å². The normalized spacial score (nSPS) is 24.4. The highest BCUT2D eigenvalue weighted by molar-refractivity contribution is 5.91. The van der Waals surface area contributed by atoms with Crippen LogP contribution < -0.4 is 11.1 Å². The van der Waals surface area contributed by atoms with Gasteiger partial charge in [-0.15, -0.1) is 0 Å². The number of allylic oxidation sites excluding steroid dienone is 2. The second-order valence-corrected chi connectivity index (χ2v) is 6.89. The molecule has 0 saturated carbocycles. The molecule has 0 fully saturated rings. The summed E-state index contributed by atoms with van der Waals surface area (Å²) in [5.74, 6) is 1.02. The zero-order valence-electron chi connectivity index (χ0n) is 13.4. The van der Waals surface area contributed by atoms with Crippen LogP contribution in [0.1, 0.15) is 29.5 Å². The summed E-state index contributed by atoms with van der Waals surface area (Å²) in [6.07, 6.45) is 5.85. The van der Waals surface area contributed by atoms with Crippen LogP contribution in [0.3, 0.4) is 0 Å². The molecule has 0 amide bonds. The van der Waals surface area contributed by atoms with E-state index in [2.05, 4.69) is 72.1 Å². The molecule has 3 aromatic rings. The van der Waals surface area contributed by atoms with Crippen LogP contribution in [0.4, 0.5) is 11.4 Å². The summed E-state index contributed by atoms with van der Waals surface area (Å²) in [4.78, 5) is 0. The van der Waals surface area contributed by atoms with Gasteiger partial charge in [0.05, 0.1) is 6.04 Å². The molecule has 2 aliphatic rings. The summed E-state index contributed by atoms with van der Waals surface area (Å²) in [6.45, 7) is 0. The molecule has 0 saturated heterocycles. The van der Waals surface area contributed by atoms with Crippen molar-refractivity contribution in [2.75, 3.05) is 11.1 Å². The summed E-state index contributed by atoms with van der Waals surface area (Å²) >= 11 is 0. The van der Waals surface area contributed by atoms with Crippen LogP contribution in [0.5, 0.6) is 0 Å². The zero-order valence-corrected chi connectivity index (χ0v) is 13.4. The molecule has 0 aromatic heterocycles. The smallest absolute Gasteiger partial charge is 0.0554 e. The van der Waals surface area contributed by atoms with Gasteiger partial charge in [0.15, 0.2) is 0 Å². The van der Waals surface area contributed by atoms with Crippen molar-refractivity contribution in [3.8, 4) is 0 Å². The molecule has 1 heterocycles. The van der Waals surface area contributed by atoms with Gasteiger partial charge in [0.2, 0.25) is 0 Å². The molecule has 24 heavy (non-hydrogen) atoms. The molecular weight excluding hydrogens is 292 g/mol. The second-order valence-electron chi connectivity index (χ2n) is 6.89. The van der Waals surface area contributed by atoms with E-state index in [9.17, 15) is 0 Å². The lowest BCUT2D eigenvalue weighted by molar-refractivity contribution is 0.427. The summed E-state index contributed by atoms with van der Waals surface area (Å²) in [7, 11) is 0. The molecule has 5 rings (SSSR count). The van der Waals surface area contributed by atoms with Crippen LogP contribution in [-0.4, -0.2) is 0 Å². The number of anilines is 2. The molecule has 3 atom stereocenters. The molecule has 1 aliphatic carbocycles. The molecular formula is C22H20N2. The van der Waals surface area contributed by atoms with Gasteiger partial charge in [-0.05, 0) is 52.4 Å². The largest absolute Gasteiger partial charge is 0.399 e. The number of fused-ring (bicyclic) bond motifs is 5. The van der Waals surface area contributed by atoms with Crippen molar-refractivity contribution < 1.29 is 0 Å². The Bertz CT molecular complexity index is 957. The van der Waals surface area contributed by atoms with E-state index >= 15 is 0 Å². The van der Waals surface area contributed by atoms with E-state index in [1.165, 1.54) is 27.6 Å². The quantitative estimate of drug-likeness (QED) is 0.476. The number of nitrogens with two attached hydrogens (primary N) is 1. The molecule has 3 unspecified atom stereocenters.